The van der Waals surface area contributed by atoms with Crippen LogP contribution in [-0.2, 0) is 31.5 Å². The van der Waals surface area contributed by atoms with Gasteiger partial charge in [-0.15, -0.1) is 0 Å². The van der Waals surface area contributed by atoms with Gasteiger partial charge in [-0.25, -0.2) is 8.42 Å². The second kappa shape index (κ2) is 7.91. The first-order valence-electron chi connectivity index (χ1n) is 8.55. The molecule has 0 spiro atoms. The van der Waals surface area contributed by atoms with Crippen LogP contribution >= 0.6 is 0 Å². The molecule has 2 saturated heterocycles. The van der Waals surface area contributed by atoms with Gasteiger partial charge in [0.25, 0.3) is 0 Å². The van der Waals surface area contributed by atoms with Crippen LogP contribution in [0.25, 0.3) is 0 Å². The quantitative estimate of drug-likeness (QED) is 0.761. The molecule has 2 aliphatic heterocycles. The van der Waals surface area contributed by atoms with Gasteiger partial charge in [0.05, 0.1) is 31.2 Å². The summed E-state index contributed by atoms with van der Waals surface area (Å²) in [6.45, 7) is 4.61. The van der Waals surface area contributed by atoms with Gasteiger partial charge in [-0.3, -0.25) is 9.88 Å². The molecule has 2 aliphatic rings. The van der Waals surface area contributed by atoms with Crippen molar-refractivity contribution >= 4 is 9.84 Å². The van der Waals surface area contributed by atoms with Crippen LogP contribution in [0.1, 0.15) is 24.1 Å². The smallest absolute Gasteiger partial charge is 0.151 e. The average Bonchev–Trinajstić information content (AvgIpc) is 2.96. The van der Waals surface area contributed by atoms with Crippen LogP contribution in [0.4, 0.5) is 0 Å². The van der Waals surface area contributed by atoms with Gasteiger partial charge in [0.1, 0.15) is 0 Å². The van der Waals surface area contributed by atoms with Crippen molar-refractivity contribution in [1.29, 1.82) is 0 Å². The Bertz CT molecular complexity index is 626. The van der Waals surface area contributed by atoms with Crippen LogP contribution in [0.15, 0.2) is 18.3 Å². The summed E-state index contributed by atoms with van der Waals surface area (Å²) in [5, 5.41) is 0. The van der Waals surface area contributed by atoms with Gasteiger partial charge in [-0.2, -0.15) is 0 Å². The number of hydrogen-bond donors (Lipinski definition) is 0. The van der Waals surface area contributed by atoms with Gasteiger partial charge in [0, 0.05) is 44.2 Å². The van der Waals surface area contributed by atoms with E-state index in [2.05, 4.69) is 9.88 Å². The number of aromatic nitrogens is 1. The minimum absolute atomic E-state index is 0.0435. The largest absolute Gasteiger partial charge is 0.379 e. The lowest BCUT2D eigenvalue weighted by atomic mass is 10.1. The van der Waals surface area contributed by atoms with E-state index in [1.54, 1.807) is 6.20 Å². The minimum Gasteiger partial charge on any atom is -0.379 e. The lowest BCUT2D eigenvalue weighted by Crippen LogP contribution is -2.41. The first-order chi connectivity index (χ1) is 11.5. The van der Waals surface area contributed by atoms with E-state index in [4.69, 9.17) is 9.47 Å². The van der Waals surface area contributed by atoms with Crippen molar-refractivity contribution in [2.75, 3.05) is 39.1 Å². The maximum absolute atomic E-state index is 11.3. The molecule has 2 atom stereocenters. The van der Waals surface area contributed by atoms with Gasteiger partial charge in [-0.05, 0) is 24.5 Å². The van der Waals surface area contributed by atoms with Crippen molar-refractivity contribution in [2.24, 2.45) is 0 Å². The van der Waals surface area contributed by atoms with E-state index in [9.17, 15) is 8.42 Å². The lowest BCUT2D eigenvalue weighted by molar-refractivity contribution is -0.0110. The molecule has 2 fully saturated rings. The summed E-state index contributed by atoms with van der Waals surface area (Å²) in [5.74, 6) is 0.0435. The molecule has 0 amide bonds. The van der Waals surface area contributed by atoms with Crippen LogP contribution in [0, 0.1) is 0 Å². The number of ether oxygens (including phenoxy) is 2. The molecular weight excluding hydrogens is 328 g/mol. The van der Waals surface area contributed by atoms with E-state index in [1.165, 1.54) is 6.26 Å². The highest BCUT2D eigenvalue weighted by Crippen LogP contribution is 2.23. The second-order valence-corrected chi connectivity index (χ2v) is 8.94. The Labute approximate surface area is 144 Å². The van der Waals surface area contributed by atoms with Crippen LogP contribution < -0.4 is 0 Å². The fourth-order valence-electron chi connectivity index (χ4n) is 3.33. The van der Waals surface area contributed by atoms with Crippen molar-refractivity contribution in [3.8, 4) is 0 Å². The van der Waals surface area contributed by atoms with Crippen molar-refractivity contribution in [2.45, 2.75) is 37.2 Å². The Morgan fingerprint density at radius 2 is 1.96 bits per heavy atom. The molecule has 0 aromatic carbocycles. The molecule has 6 nitrogen and oxygen atoms in total. The van der Waals surface area contributed by atoms with E-state index in [0.29, 0.717) is 6.10 Å². The normalized spacial score (nSPS) is 25.9. The molecule has 0 bridgehead atoms. The molecule has 24 heavy (non-hydrogen) atoms. The molecule has 3 heterocycles. The predicted molar refractivity (Wildman–Crippen MR) is 91.6 cm³/mol. The Morgan fingerprint density at radius 1 is 1.21 bits per heavy atom. The molecule has 0 saturated carbocycles. The van der Waals surface area contributed by atoms with Gasteiger partial charge < -0.3 is 9.47 Å². The molecule has 1 aromatic rings. The number of hydrogen-bond acceptors (Lipinski definition) is 6. The van der Waals surface area contributed by atoms with Crippen molar-refractivity contribution in [3.63, 3.8) is 0 Å². The van der Waals surface area contributed by atoms with E-state index >= 15 is 0 Å². The van der Waals surface area contributed by atoms with Gasteiger partial charge in [0.15, 0.2) is 9.84 Å². The van der Waals surface area contributed by atoms with Crippen molar-refractivity contribution in [1.82, 2.24) is 9.88 Å². The monoisotopic (exact) mass is 354 g/mol. The molecule has 7 heteroatoms. The Balaban J connectivity index is 1.46. The zero-order chi connectivity index (χ0) is 17.0. The summed E-state index contributed by atoms with van der Waals surface area (Å²) in [4.78, 5) is 6.81. The molecule has 0 aliphatic carbocycles. The molecule has 0 N–H and O–H groups in total. The summed E-state index contributed by atoms with van der Waals surface area (Å²) in [7, 11) is -3.01. The summed E-state index contributed by atoms with van der Waals surface area (Å²) >= 11 is 0. The Kier molecular flexibility index (Phi) is 5.86. The number of sulfone groups is 1. The average molecular weight is 354 g/mol. The zero-order valence-corrected chi connectivity index (χ0v) is 15.0. The molecule has 3 rings (SSSR count). The summed E-state index contributed by atoms with van der Waals surface area (Å²) < 4.78 is 34.1. The standard InChI is InChI=1S/C17H26N2O4S/c1-24(20,21)13-14-2-3-15(18-11-14)10-16-4-5-17(23-16)12-19-6-8-22-9-7-19/h2-3,11,16-17H,4-10,12-13H2,1H3/t16-,17+/m0/s1. The lowest BCUT2D eigenvalue weighted by Gasteiger charge is -2.28. The molecular formula is C17H26N2O4S. The predicted octanol–water partition coefficient (Wildman–Crippen LogP) is 1.05. The highest BCUT2D eigenvalue weighted by molar-refractivity contribution is 7.89. The Hall–Kier alpha value is -1.02. The van der Waals surface area contributed by atoms with E-state index in [1.807, 2.05) is 12.1 Å². The second-order valence-electron chi connectivity index (χ2n) is 6.80. The number of rotatable bonds is 6. The number of pyridine rings is 1. The highest BCUT2D eigenvalue weighted by Gasteiger charge is 2.27. The molecule has 1 aromatic heterocycles. The van der Waals surface area contributed by atoms with E-state index < -0.39 is 9.84 Å². The fraction of sp³-hybridized carbons (Fsp3) is 0.706. The van der Waals surface area contributed by atoms with Gasteiger partial charge in [-0.1, -0.05) is 6.07 Å². The maximum Gasteiger partial charge on any atom is 0.151 e. The molecule has 134 valence electrons. The first kappa shape index (κ1) is 17.8. The third kappa shape index (κ3) is 5.51. The first-order valence-corrected chi connectivity index (χ1v) is 10.6. The Morgan fingerprint density at radius 3 is 2.62 bits per heavy atom. The van der Waals surface area contributed by atoms with Crippen LogP contribution in [0.3, 0.4) is 0 Å². The highest BCUT2D eigenvalue weighted by atomic mass is 32.2. The summed E-state index contributed by atoms with van der Waals surface area (Å²) in [5.41, 5.74) is 1.70. The van der Waals surface area contributed by atoms with Crippen LogP contribution in [-0.4, -0.2) is 69.6 Å². The van der Waals surface area contributed by atoms with Crippen molar-refractivity contribution < 1.29 is 17.9 Å². The van der Waals surface area contributed by atoms with Gasteiger partial charge in [0.2, 0.25) is 0 Å². The van der Waals surface area contributed by atoms with Gasteiger partial charge >= 0.3 is 0 Å². The SMILES string of the molecule is CS(=O)(=O)Cc1ccc(C[C@@H]2CC[C@H](CN3CCOCC3)O2)nc1. The zero-order valence-electron chi connectivity index (χ0n) is 14.2. The van der Waals surface area contributed by atoms with Crippen LogP contribution in [0.5, 0.6) is 0 Å². The van der Waals surface area contributed by atoms with Crippen LogP contribution in [0.2, 0.25) is 0 Å². The molecule has 0 radical (unpaired) electrons. The topological polar surface area (TPSA) is 68.7 Å². The van der Waals surface area contributed by atoms with Crippen molar-refractivity contribution in [3.05, 3.63) is 29.6 Å². The summed E-state index contributed by atoms with van der Waals surface area (Å²) in [6, 6.07) is 3.77. The number of morpholine rings is 1. The maximum atomic E-state index is 11.3. The number of nitrogens with zero attached hydrogens (tertiary/aromatic N) is 2. The van der Waals surface area contributed by atoms with E-state index in [-0.39, 0.29) is 11.9 Å². The third-order valence-corrected chi connectivity index (χ3v) is 5.37. The summed E-state index contributed by atoms with van der Waals surface area (Å²) in [6.07, 6.45) is 6.36. The van der Waals surface area contributed by atoms with E-state index in [0.717, 1.165) is 63.4 Å². The third-order valence-electron chi connectivity index (χ3n) is 4.51. The fourth-order valence-corrected chi connectivity index (χ4v) is 4.11. The minimum atomic E-state index is -3.01. The molecule has 0 unspecified atom stereocenters.